The molecule has 0 atom stereocenters. The predicted molar refractivity (Wildman–Crippen MR) is 86.3 cm³/mol. The lowest BCUT2D eigenvalue weighted by atomic mass is 10.1. The average molecular weight is 313 g/mol. The highest BCUT2D eigenvalue weighted by Crippen LogP contribution is 2.12. The van der Waals surface area contributed by atoms with Crippen molar-refractivity contribution in [1.29, 1.82) is 0 Å². The molecule has 2 aromatic rings. The highest BCUT2D eigenvalue weighted by molar-refractivity contribution is 5.89. The molecular weight excluding hydrogens is 294 g/mol. The summed E-state index contributed by atoms with van der Waals surface area (Å²) in [4.78, 5) is 23.1. The maximum atomic E-state index is 11.8. The first-order valence-electron chi connectivity index (χ1n) is 7.22. The molecule has 0 aliphatic rings. The second-order valence-corrected chi connectivity index (χ2v) is 5.07. The second-order valence-electron chi connectivity index (χ2n) is 5.07. The zero-order chi connectivity index (χ0) is 16.7. The number of aryl methyl sites for hydroxylation is 1. The van der Waals surface area contributed by atoms with E-state index in [0.29, 0.717) is 17.9 Å². The Kier molecular flexibility index (Phi) is 5.74. The minimum Gasteiger partial charge on any atom is -0.484 e. The van der Waals surface area contributed by atoms with Crippen LogP contribution in [0.4, 0.5) is 0 Å². The van der Waals surface area contributed by atoms with E-state index in [0.717, 1.165) is 11.1 Å². The standard InChI is InChI=1S/C18H19NO4/c1-13-4-3-5-16(10-13)23-12-17(20)19-11-14-6-8-15(9-7-14)18(21)22-2/h3-10H,11-12H2,1-2H3,(H,19,20). The summed E-state index contributed by atoms with van der Waals surface area (Å²) in [6.45, 7) is 2.30. The van der Waals surface area contributed by atoms with Gasteiger partial charge < -0.3 is 14.8 Å². The Morgan fingerprint density at radius 1 is 1.09 bits per heavy atom. The molecule has 0 radical (unpaired) electrons. The number of nitrogens with one attached hydrogen (secondary N) is 1. The van der Waals surface area contributed by atoms with Crippen LogP contribution in [-0.4, -0.2) is 25.6 Å². The van der Waals surface area contributed by atoms with Gasteiger partial charge in [-0.15, -0.1) is 0 Å². The highest BCUT2D eigenvalue weighted by atomic mass is 16.5. The summed E-state index contributed by atoms with van der Waals surface area (Å²) in [6, 6.07) is 14.4. The molecule has 0 unspecified atom stereocenters. The van der Waals surface area contributed by atoms with Crippen LogP contribution in [-0.2, 0) is 16.1 Å². The van der Waals surface area contributed by atoms with Gasteiger partial charge in [-0.2, -0.15) is 0 Å². The van der Waals surface area contributed by atoms with Gasteiger partial charge in [0.1, 0.15) is 5.75 Å². The quantitative estimate of drug-likeness (QED) is 0.832. The van der Waals surface area contributed by atoms with Crippen molar-refractivity contribution in [2.45, 2.75) is 13.5 Å². The van der Waals surface area contributed by atoms with Gasteiger partial charge >= 0.3 is 5.97 Å². The molecule has 5 nitrogen and oxygen atoms in total. The van der Waals surface area contributed by atoms with Crippen LogP contribution in [0.2, 0.25) is 0 Å². The number of hydrogen-bond acceptors (Lipinski definition) is 4. The van der Waals surface area contributed by atoms with Crippen LogP contribution in [0.1, 0.15) is 21.5 Å². The molecule has 0 spiro atoms. The van der Waals surface area contributed by atoms with E-state index < -0.39 is 0 Å². The molecule has 5 heteroatoms. The number of amides is 1. The largest absolute Gasteiger partial charge is 0.484 e. The summed E-state index contributed by atoms with van der Waals surface area (Å²) >= 11 is 0. The molecule has 0 saturated carbocycles. The fourth-order valence-electron chi connectivity index (χ4n) is 1.98. The first-order chi connectivity index (χ1) is 11.1. The zero-order valence-electron chi connectivity index (χ0n) is 13.2. The van der Waals surface area contributed by atoms with E-state index in [4.69, 9.17) is 4.74 Å². The molecule has 23 heavy (non-hydrogen) atoms. The molecule has 1 N–H and O–H groups in total. The van der Waals surface area contributed by atoms with E-state index in [1.54, 1.807) is 24.3 Å². The molecule has 120 valence electrons. The van der Waals surface area contributed by atoms with Crippen molar-refractivity contribution in [3.05, 3.63) is 65.2 Å². The van der Waals surface area contributed by atoms with Crippen LogP contribution >= 0.6 is 0 Å². The van der Waals surface area contributed by atoms with Crippen LogP contribution in [0.15, 0.2) is 48.5 Å². The van der Waals surface area contributed by atoms with Crippen molar-refractivity contribution in [3.63, 3.8) is 0 Å². The molecule has 0 aromatic heterocycles. The Balaban J connectivity index is 1.79. The minimum atomic E-state index is -0.382. The lowest BCUT2D eigenvalue weighted by Crippen LogP contribution is -2.28. The SMILES string of the molecule is COC(=O)c1ccc(CNC(=O)COc2cccc(C)c2)cc1. The van der Waals surface area contributed by atoms with E-state index in [2.05, 4.69) is 10.1 Å². The smallest absolute Gasteiger partial charge is 0.337 e. The number of methoxy groups -OCH3 is 1. The van der Waals surface area contributed by atoms with Crippen molar-refractivity contribution < 1.29 is 19.1 Å². The average Bonchev–Trinajstić information content (AvgIpc) is 2.58. The summed E-state index contributed by atoms with van der Waals surface area (Å²) in [5.41, 5.74) is 2.44. The van der Waals surface area contributed by atoms with E-state index >= 15 is 0 Å². The monoisotopic (exact) mass is 313 g/mol. The number of carbonyl (C=O) groups excluding carboxylic acids is 2. The van der Waals surface area contributed by atoms with Crippen molar-refractivity contribution in [2.24, 2.45) is 0 Å². The molecule has 0 heterocycles. The predicted octanol–water partition coefficient (Wildman–Crippen LogP) is 2.48. The number of esters is 1. The Bertz CT molecular complexity index is 680. The van der Waals surface area contributed by atoms with Crippen LogP contribution in [0.25, 0.3) is 0 Å². The van der Waals surface area contributed by atoms with E-state index in [9.17, 15) is 9.59 Å². The second kappa shape index (κ2) is 7.98. The van der Waals surface area contributed by atoms with Gasteiger partial charge in [-0.05, 0) is 42.3 Å². The van der Waals surface area contributed by atoms with E-state index in [1.165, 1.54) is 7.11 Å². The number of benzene rings is 2. The van der Waals surface area contributed by atoms with Gasteiger partial charge in [0.05, 0.1) is 12.7 Å². The molecule has 2 rings (SSSR count). The zero-order valence-corrected chi connectivity index (χ0v) is 13.2. The lowest BCUT2D eigenvalue weighted by molar-refractivity contribution is -0.123. The topological polar surface area (TPSA) is 64.6 Å². The normalized spacial score (nSPS) is 10.0. The Hall–Kier alpha value is -2.82. The highest BCUT2D eigenvalue weighted by Gasteiger charge is 2.06. The molecule has 0 aliphatic heterocycles. The summed E-state index contributed by atoms with van der Waals surface area (Å²) in [7, 11) is 1.34. The fourth-order valence-corrected chi connectivity index (χ4v) is 1.98. The third kappa shape index (κ3) is 5.14. The van der Waals surface area contributed by atoms with Gasteiger partial charge in [0, 0.05) is 6.54 Å². The maximum Gasteiger partial charge on any atom is 0.337 e. The molecule has 0 saturated heterocycles. The Labute approximate surface area is 135 Å². The summed E-state index contributed by atoms with van der Waals surface area (Å²) < 4.78 is 10.1. The van der Waals surface area contributed by atoms with Crippen molar-refractivity contribution in [2.75, 3.05) is 13.7 Å². The van der Waals surface area contributed by atoms with Gasteiger partial charge in [-0.25, -0.2) is 4.79 Å². The molecule has 1 amide bonds. The summed E-state index contributed by atoms with van der Waals surface area (Å²) in [5, 5.41) is 2.77. The number of ether oxygens (including phenoxy) is 2. The van der Waals surface area contributed by atoms with Crippen molar-refractivity contribution >= 4 is 11.9 Å². The van der Waals surface area contributed by atoms with Gasteiger partial charge in [0.2, 0.25) is 0 Å². The first kappa shape index (κ1) is 16.5. The van der Waals surface area contributed by atoms with Gasteiger partial charge in [0.25, 0.3) is 5.91 Å². The van der Waals surface area contributed by atoms with E-state index in [-0.39, 0.29) is 18.5 Å². The molecule has 2 aromatic carbocycles. The van der Waals surface area contributed by atoms with Crippen molar-refractivity contribution in [1.82, 2.24) is 5.32 Å². The van der Waals surface area contributed by atoms with Crippen LogP contribution in [0.3, 0.4) is 0 Å². The summed E-state index contributed by atoms with van der Waals surface area (Å²) in [5.74, 6) is 0.0817. The molecule has 0 fully saturated rings. The first-order valence-corrected chi connectivity index (χ1v) is 7.22. The molecule has 0 aliphatic carbocycles. The lowest BCUT2D eigenvalue weighted by Gasteiger charge is -2.08. The number of hydrogen-bond donors (Lipinski definition) is 1. The maximum absolute atomic E-state index is 11.8. The van der Waals surface area contributed by atoms with Gasteiger partial charge in [-0.1, -0.05) is 24.3 Å². The molecular formula is C18H19NO4. The Morgan fingerprint density at radius 3 is 2.48 bits per heavy atom. The van der Waals surface area contributed by atoms with Crippen LogP contribution in [0.5, 0.6) is 5.75 Å². The number of carbonyl (C=O) groups is 2. The van der Waals surface area contributed by atoms with Crippen LogP contribution < -0.4 is 10.1 Å². The molecule has 0 bridgehead atoms. The fraction of sp³-hybridized carbons (Fsp3) is 0.222. The third-order valence-electron chi connectivity index (χ3n) is 3.22. The third-order valence-corrected chi connectivity index (χ3v) is 3.22. The van der Waals surface area contributed by atoms with Gasteiger partial charge in [0.15, 0.2) is 6.61 Å². The number of rotatable bonds is 6. The minimum absolute atomic E-state index is 0.0380. The Morgan fingerprint density at radius 2 is 1.83 bits per heavy atom. The summed E-state index contributed by atoms with van der Waals surface area (Å²) in [6.07, 6.45) is 0. The van der Waals surface area contributed by atoms with E-state index in [1.807, 2.05) is 31.2 Å². The van der Waals surface area contributed by atoms with Crippen molar-refractivity contribution in [3.8, 4) is 5.75 Å². The van der Waals surface area contributed by atoms with Gasteiger partial charge in [-0.3, -0.25) is 4.79 Å². The van der Waals surface area contributed by atoms with Crippen LogP contribution in [0, 0.1) is 6.92 Å².